The van der Waals surface area contributed by atoms with E-state index in [9.17, 15) is 9.90 Å². The minimum Gasteiger partial charge on any atom is -0.477 e. The van der Waals surface area contributed by atoms with Crippen LogP contribution in [-0.4, -0.2) is 59.0 Å². The molecule has 0 unspecified atom stereocenters. The summed E-state index contributed by atoms with van der Waals surface area (Å²) in [7, 11) is -1.82. The van der Waals surface area contributed by atoms with Gasteiger partial charge in [-0.1, -0.05) is 20.8 Å². The lowest BCUT2D eigenvalue weighted by Crippen LogP contribution is -2.42. The maximum absolute atomic E-state index is 15.1. The molecule has 0 aliphatic carbocycles. The number of carboxylic acid groups (broad SMARTS) is 1. The summed E-state index contributed by atoms with van der Waals surface area (Å²) in [6.45, 7) is 13.5. The van der Waals surface area contributed by atoms with E-state index in [-0.39, 0.29) is 32.7 Å². The van der Waals surface area contributed by atoms with Gasteiger partial charge in [0, 0.05) is 38.0 Å². The normalized spacial score (nSPS) is 16.3. The maximum Gasteiger partial charge on any atom is 0.347 e. The molecule has 4 rings (SSSR count). The zero-order valence-electron chi connectivity index (χ0n) is 21.8. The zero-order chi connectivity index (χ0) is 26.8. The second-order valence-electron chi connectivity index (χ2n) is 10.7. The van der Waals surface area contributed by atoms with Crippen molar-refractivity contribution in [2.75, 3.05) is 29.9 Å². The molecule has 1 saturated heterocycles. The molecular weight excluding hydrogens is 511 g/mol. The molecule has 1 aliphatic rings. The van der Waals surface area contributed by atoms with Gasteiger partial charge in [0.2, 0.25) is 11.9 Å². The summed E-state index contributed by atoms with van der Waals surface area (Å²) < 4.78 is 21.5. The fraction of sp³-hybridized carbons (Fsp3) is 0.480. The Kier molecular flexibility index (Phi) is 7.90. The van der Waals surface area contributed by atoms with Crippen LogP contribution in [0.1, 0.15) is 42.6 Å². The van der Waals surface area contributed by atoms with Crippen molar-refractivity contribution >= 4 is 37.4 Å². The number of aromatic carboxylic acids is 1. The number of anilines is 2. The number of nitrogens with zero attached hydrogens (tertiary/aromatic N) is 5. The molecule has 0 bridgehead atoms. The summed E-state index contributed by atoms with van der Waals surface area (Å²) >= 11 is 0.922. The highest BCUT2D eigenvalue weighted by atomic mass is 32.1. The van der Waals surface area contributed by atoms with Gasteiger partial charge in [0.15, 0.2) is 8.32 Å². The molecule has 9 nitrogen and oxygen atoms in total. The zero-order valence-corrected chi connectivity index (χ0v) is 23.6. The van der Waals surface area contributed by atoms with E-state index in [2.05, 4.69) is 64.0 Å². The van der Waals surface area contributed by atoms with Crippen LogP contribution in [0, 0.1) is 11.9 Å². The first kappa shape index (κ1) is 27.1. The van der Waals surface area contributed by atoms with E-state index in [0.29, 0.717) is 24.3 Å². The lowest BCUT2D eigenvalue weighted by Gasteiger charge is -2.37. The Morgan fingerprint density at radius 3 is 2.65 bits per heavy atom. The van der Waals surface area contributed by atoms with Crippen molar-refractivity contribution in [1.82, 2.24) is 19.9 Å². The first-order valence-electron chi connectivity index (χ1n) is 12.2. The van der Waals surface area contributed by atoms with Gasteiger partial charge >= 0.3 is 5.97 Å². The van der Waals surface area contributed by atoms with E-state index in [0.717, 1.165) is 30.8 Å². The molecular formula is C25H33FN6O3SSi. The van der Waals surface area contributed by atoms with Crippen LogP contribution in [0.4, 0.5) is 16.2 Å². The third-order valence-electron chi connectivity index (χ3n) is 7.03. The lowest BCUT2D eigenvalue weighted by molar-refractivity contribution is 0.0701. The second kappa shape index (κ2) is 10.8. The smallest absolute Gasteiger partial charge is 0.347 e. The fourth-order valence-electron chi connectivity index (χ4n) is 3.79. The Bertz CT molecular complexity index is 1250. The number of nitrogens with one attached hydrogen (secondary N) is 1. The van der Waals surface area contributed by atoms with Gasteiger partial charge in [0.1, 0.15) is 15.7 Å². The van der Waals surface area contributed by atoms with Gasteiger partial charge in [0.05, 0.1) is 17.8 Å². The maximum atomic E-state index is 15.1. The minimum atomic E-state index is -1.82. The summed E-state index contributed by atoms with van der Waals surface area (Å²) in [6, 6.07) is 5.08. The van der Waals surface area contributed by atoms with Crippen LogP contribution in [-0.2, 0) is 11.0 Å². The predicted molar refractivity (Wildman–Crippen MR) is 145 cm³/mol. The lowest BCUT2D eigenvalue weighted by atomic mass is 10.1. The molecule has 3 aromatic rings. The molecule has 0 spiro atoms. The van der Waals surface area contributed by atoms with Gasteiger partial charge in [-0.25, -0.2) is 24.7 Å². The van der Waals surface area contributed by atoms with Crippen molar-refractivity contribution in [1.29, 1.82) is 0 Å². The number of carboxylic acids is 1. The molecule has 198 valence electrons. The Balaban J connectivity index is 1.44. The third-order valence-corrected chi connectivity index (χ3v) is 12.7. The van der Waals surface area contributed by atoms with Crippen molar-refractivity contribution < 1.29 is 18.7 Å². The van der Waals surface area contributed by atoms with Crippen LogP contribution < -0.4 is 10.2 Å². The Labute approximate surface area is 221 Å². The van der Waals surface area contributed by atoms with Crippen molar-refractivity contribution in [3.8, 4) is 10.6 Å². The minimum absolute atomic E-state index is 0.0334. The van der Waals surface area contributed by atoms with Crippen LogP contribution in [0.5, 0.6) is 0 Å². The largest absolute Gasteiger partial charge is 0.477 e. The summed E-state index contributed by atoms with van der Waals surface area (Å²) in [6.07, 6.45) is 4.12. The number of thiazole rings is 1. The van der Waals surface area contributed by atoms with Crippen LogP contribution in [0.25, 0.3) is 10.6 Å². The third kappa shape index (κ3) is 6.31. The Hall–Kier alpha value is -2.96. The van der Waals surface area contributed by atoms with Gasteiger partial charge in [-0.2, -0.15) is 4.39 Å². The van der Waals surface area contributed by atoms with Crippen molar-refractivity contribution in [3.63, 3.8) is 0 Å². The van der Waals surface area contributed by atoms with E-state index in [4.69, 9.17) is 4.43 Å². The van der Waals surface area contributed by atoms with Crippen LogP contribution in [0.3, 0.4) is 0 Å². The Morgan fingerprint density at radius 2 is 2.00 bits per heavy atom. The monoisotopic (exact) mass is 544 g/mol. The van der Waals surface area contributed by atoms with Gasteiger partial charge in [-0.05, 0) is 42.8 Å². The van der Waals surface area contributed by atoms with Crippen molar-refractivity contribution in [2.24, 2.45) is 5.92 Å². The molecule has 0 amide bonds. The number of hydrogen-bond acceptors (Lipinski definition) is 9. The van der Waals surface area contributed by atoms with E-state index in [1.807, 2.05) is 0 Å². The Morgan fingerprint density at radius 1 is 1.27 bits per heavy atom. The number of carbonyl (C=O) groups is 1. The summed E-state index contributed by atoms with van der Waals surface area (Å²) in [5.74, 6) is -0.504. The summed E-state index contributed by atoms with van der Waals surface area (Å²) in [5.41, 5.74) is 0.461. The summed E-state index contributed by atoms with van der Waals surface area (Å²) in [4.78, 5) is 30.6. The fourth-order valence-corrected chi connectivity index (χ4v) is 5.81. The molecule has 0 saturated carbocycles. The predicted octanol–water partition coefficient (Wildman–Crippen LogP) is 5.29. The first-order chi connectivity index (χ1) is 17.4. The molecule has 1 atom stereocenters. The molecule has 12 heteroatoms. The number of aromatic nitrogens is 4. The average Bonchev–Trinajstić information content (AvgIpc) is 3.49. The molecule has 3 aromatic heterocycles. The van der Waals surface area contributed by atoms with Gasteiger partial charge in [-0.15, -0.1) is 11.3 Å². The number of rotatable bonds is 9. The standard InChI is InChI=1S/C25H33FN6O3SSi/c1-25(2,3)37(4,5)35-15-16-9-12-32(14-16)19-8-7-17(21(26)31-19)22-30-18(20(36-22)23(33)34)13-29-24-27-10-6-11-28-24/h6-8,10-11,16H,9,12-15H2,1-5H3,(H,33,34)(H,27,28,29)/t16-/m0/s1. The van der Waals surface area contributed by atoms with Gasteiger partial charge in [-0.3, -0.25) is 0 Å². The van der Waals surface area contributed by atoms with Crippen molar-refractivity contribution in [2.45, 2.75) is 51.9 Å². The molecule has 4 heterocycles. The van der Waals surface area contributed by atoms with Crippen molar-refractivity contribution in [3.05, 3.63) is 47.1 Å². The van der Waals surface area contributed by atoms with E-state index in [1.165, 1.54) is 0 Å². The molecule has 2 N–H and O–H groups in total. The highest BCUT2D eigenvalue weighted by Gasteiger charge is 2.38. The molecule has 1 fully saturated rings. The topological polar surface area (TPSA) is 113 Å². The van der Waals surface area contributed by atoms with E-state index in [1.54, 1.807) is 30.6 Å². The molecule has 1 aliphatic heterocycles. The van der Waals surface area contributed by atoms with E-state index < -0.39 is 20.2 Å². The molecule has 0 radical (unpaired) electrons. The van der Waals surface area contributed by atoms with E-state index >= 15 is 4.39 Å². The van der Waals surface area contributed by atoms with Gasteiger partial charge in [0.25, 0.3) is 0 Å². The number of hydrogen-bond donors (Lipinski definition) is 2. The second-order valence-corrected chi connectivity index (χ2v) is 16.5. The average molecular weight is 545 g/mol. The van der Waals surface area contributed by atoms with Gasteiger partial charge < -0.3 is 19.7 Å². The van der Waals surface area contributed by atoms with Crippen LogP contribution >= 0.6 is 11.3 Å². The highest BCUT2D eigenvalue weighted by molar-refractivity contribution is 7.17. The summed E-state index contributed by atoms with van der Waals surface area (Å²) in [5, 5.41) is 13.0. The van der Waals surface area contributed by atoms with Crippen LogP contribution in [0.2, 0.25) is 18.1 Å². The first-order valence-corrected chi connectivity index (χ1v) is 16.0. The number of pyridine rings is 1. The SMILES string of the molecule is CC(C)(C)[Si](C)(C)OC[C@H]1CCN(c2ccc(-c3nc(CNc4ncccn4)c(C(=O)O)s3)c(F)n2)C1. The van der Waals surface area contributed by atoms with Crippen LogP contribution in [0.15, 0.2) is 30.6 Å². The molecule has 37 heavy (non-hydrogen) atoms. The molecule has 0 aromatic carbocycles. The number of halogens is 1. The highest BCUT2D eigenvalue weighted by Crippen LogP contribution is 2.37. The quantitative estimate of drug-likeness (QED) is 0.274.